The largest absolute Gasteiger partial charge is 0.367 e. The minimum Gasteiger partial charge on any atom is -0.367 e. The number of likely N-dealkylation sites (tertiary alicyclic amines) is 1. The number of hydrogen-bond acceptors (Lipinski definition) is 4. The summed E-state index contributed by atoms with van der Waals surface area (Å²) in [6, 6.07) is 8.56. The molecule has 4 nitrogen and oxygen atoms in total. The van der Waals surface area contributed by atoms with E-state index in [0.29, 0.717) is 11.8 Å². The third kappa shape index (κ3) is 1.99. The summed E-state index contributed by atoms with van der Waals surface area (Å²) in [5, 5.41) is 3.70. The van der Waals surface area contributed by atoms with Crippen LogP contribution >= 0.6 is 0 Å². The van der Waals surface area contributed by atoms with Gasteiger partial charge in [-0.15, -0.1) is 0 Å². The molecule has 1 aliphatic rings. The molecule has 1 aromatic carbocycles. The number of hydrogen-bond donors (Lipinski definition) is 1. The molecule has 2 aromatic rings. The fourth-order valence-corrected chi connectivity index (χ4v) is 2.61. The second-order valence-electron chi connectivity index (χ2n) is 4.97. The van der Waals surface area contributed by atoms with E-state index in [9.17, 15) is 0 Å². The van der Waals surface area contributed by atoms with Gasteiger partial charge < -0.3 is 15.2 Å². The van der Waals surface area contributed by atoms with Gasteiger partial charge in [0.1, 0.15) is 0 Å². The van der Waals surface area contributed by atoms with Gasteiger partial charge in [0.15, 0.2) is 0 Å². The first-order valence-electron chi connectivity index (χ1n) is 6.23. The maximum absolute atomic E-state index is 5.72. The quantitative estimate of drug-likeness (QED) is 0.879. The van der Waals surface area contributed by atoms with E-state index < -0.39 is 0 Å². The highest BCUT2D eigenvalue weighted by Crippen LogP contribution is 2.30. The van der Waals surface area contributed by atoms with Crippen LogP contribution in [0, 0.1) is 0 Å². The van der Waals surface area contributed by atoms with E-state index >= 15 is 0 Å². The normalized spacial score (nSPS) is 20.4. The molecule has 0 radical (unpaired) electrons. The maximum atomic E-state index is 5.72. The van der Waals surface area contributed by atoms with Crippen LogP contribution in [0.4, 0.5) is 5.88 Å². The van der Waals surface area contributed by atoms with Gasteiger partial charge in [0.2, 0.25) is 5.88 Å². The van der Waals surface area contributed by atoms with Crippen molar-refractivity contribution < 1.29 is 4.52 Å². The summed E-state index contributed by atoms with van der Waals surface area (Å²) < 4.78 is 4.88. The zero-order valence-corrected chi connectivity index (χ0v) is 10.5. The average molecular weight is 243 g/mol. The molecule has 1 atom stereocenters. The Hall–Kier alpha value is -1.81. The van der Waals surface area contributed by atoms with Gasteiger partial charge in [0.05, 0.1) is 11.8 Å². The molecule has 18 heavy (non-hydrogen) atoms. The molecule has 1 aromatic heterocycles. The molecule has 0 spiro atoms. The van der Waals surface area contributed by atoms with Gasteiger partial charge in [-0.25, -0.2) is 0 Å². The molecular formula is C14H17N3O. The van der Waals surface area contributed by atoms with Gasteiger partial charge in [0, 0.05) is 6.54 Å². The molecule has 0 amide bonds. The Kier molecular flexibility index (Phi) is 2.80. The third-order valence-electron chi connectivity index (χ3n) is 3.68. The molecule has 94 valence electrons. The van der Waals surface area contributed by atoms with Crippen LogP contribution in [0.1, 0.15) is 17.9 Å². The maximum Gasteiger partial charge on any atom is 0.229 e. The Bertz CT molecular complexity index is 532. The summed E-state index contributed by atoms with van der Waals surface area (Å²) in [6.45, 7) is 2.33. The number of nitrogens with zero attached hydrogens (tertiary/aromatic N) is 2. The van der Waals surface area contributed by atoms with E-state index in [1.807, 2.05) is 0 Å². The summed E-state index contributed by atoms with van der Waals surface area (Å²) in [5.74, 6) is 1.03. The van der Waals surface area contributed by atoms with E-state index in [0.717, 1.165) is 17.7 Å². The first-order valence-corrected chi connectivity index (χ1v) is 6.23. The number of benzene rings is 1. The van der Waals surface area contributed by atoms with Gasteiger partial charge in [-0.3, -0.25) is 0 Å². The zero-order chi connectivity index (χ0) is 12.5. The molecule has 0 saturated carbocycles. The van der Waals surface area contributed by atoms with Crippen molar-refractivity contribution in [2.24, 2.45) is 0 Å². The van der Waals surface area contributed by atoms with Crippen LogP contribution in [-0.2, 0) is 0 Å². The van der Waals surface area contributed by atoms with E-state index in [1.54, 1.807) is 6.20 Å². The highest BCUT2D eigenvalue weighted by atomic mass is 16.5. The van der Waals surface area contributed by atoms with E-state index in [-0.39, 0.29) is 0 Å². The molecule has 2 heterocycles. The number of anilines is 1. The highest BCUT2D eigenvalue weighted by Gasteiger charge is 2.20. The minimum atomic E-state index is 0.378. The smallest absolute Gasteiger partial charge is 0.229 e. The molecule has 1 fully saturated rings. The minimum absolute atomic E-state index is 0.378. The summed E-state index contributed by atoms with van der Waals surface area (Å²) in [7, 11) is 2.17. The predicted octanol–water partition coefficient (Wildman–Crippen LogP) is 2.34. The van der Waals surface area contributed by atoms with E-state index in [4.69, 9.17) is 10.3 Å². The lowest BCUT2D eigenvalue weighted by molar-refractivity contribution is 0.411. The van der Waals surface area contributed by atoms with Crippen molar-refractivity contribution in [3.63, 3.8) is 0 Å². The first kappa shape index (κ1) is 11.3. The Labute approximate surface area is 106 Å². The van der Waals surface area contributed by atoms with Crippen LogP contribution in [-0.4, -0.2) is 30.2 Å². The highest BCUT2D eigenvalue weighted by molar-refractivity contribution is 5.71. The fourth-order valence-electron chi connectivity index (χ4n) is 2.61. The Balaban J connectivity index is 1.83. The van der Waals surface area contributed by atoms with Crippen molar-refractivity contribution in [2.45, 2.75) is 12.3 Å². The third-order valence-corrected chi connectivity index (χ3v) is 3.68. The standard InChI is InChI=1S/C14H17N3O/c1-17-7-6-12(9-17)10-2-4-11(5-3-10)13-8-16-18-14(13)15/h2-5,8,12H,6-7,9,15H2,1H3. The summed E-state index contributed by atoms with van der Waals surface area (Å²) in [6.07, 6.45) is 2.90. The van der Waals surface area contributed by atoms with Crippen molar-refractivity contribution in [3.05, 3.63) is 36.0 Å². The van der Waals surface area contributed by atoms with Gasteiger partial charge in [-0.2, -0.15) is 0 Å². The number of rotatable bonds is 2. The number of likely N-dealkylation sites (N-methyl/N-ethyl adjacent to an activating group) is 1. The van der Waals surface area contributed by atoms with Crippen molar-refractivity contribution >= 4 is 5.88 Å². The van der Waals surface area contributed by atoms with Crippen molar-refractivity contribution in [2.75, 3.05) is 25.9 Å². The molecule has 2 N–H and O–H groups in total. The average Bonchev–Trinajstić information content (AvgIpc) is 2.98. The Morgan fingerprint density at radius 1 is 1.33 bits per heavy atom. The Morgan fingerprint density at radius 3 is 2.67 bits per heavy atom. The number of nitrogen functional groups attached to an aromatic ring is 1. The van der Waals surface area contributed by atoms with Crippen molar-refractivity contribution in [3.8, 4) is 11.1 Å². The van der Waals surface area contributed by atoms with Crippen LogP contribution < -0.4 is 5.73 Å². The van der Waals surface area contributed by atoms with Crippen LogP contribution in [0.15, 0.2) is 35.0 Å². The number of nitrogens with two attached hydrogens (primary N) is 1. The predicted molar refractivity (Wildman–Crippen MR) is 71.2 cm³/mol. The summed E-state index contributed by atoms with van der Waals surface area (Å²) in [4.78, 5) is 2.37. The van der Waals surface area contributed by atoms with Gasteiger partial charge in [-0.05, 0) is 37.1 Å². The molecule has 1 saturated heterocycles. The second kappa shape index (κ2) is 4.46. The monoisotopic (exact) mass is 243 g/mol. The first-order chi connectivity index (χ1) is 8.74. The molecule has 3 rings (SSSR count). The topological polar surface area (TPSA) is 55.3 Å². The van der Waals surface area contributed by atoms with Gasteiger partial charge >= 0.3 is 0 Å². The Morgan fingerprint density at radius 2 is 2.11 bits per heavy atom. The van der Waals surface area contributed by atoms with Gasteiger partial charge in [-0.1, -0.05) is 29.4 Å². The van der Waals surface area contributed by atoms with Crippen LogP contribution in [0.5, 0.6) is 0 Å². The molecule has 1 unspecified atom stereocenters. The van der Waals surface area contributed by atoms with Crippen LogP contribution in [0.3, 0.4) is 0 Å². The molecule has 1 aliphatic heterocycles. The summed E-state index contributed by atoms with van der Waals surface area (Å²) in [5.41, 5.74) is 9.04. The molecular weight excluding hydrogens is 226 g/mol. The fraction of sp³-hybridized carbons (Fsp3) is 0.357. The second-order valence-corrected chi connectivity index (χ2v) is 4.97. The zero-order valence-electron chi connectivity index (χ0n) is 10.5. The van der Waals surface area contributed by atoms with Crippen LogP contribution in [0.25, 0.3) is 11.1 Å². The molecule has 0 aliphatic carbocycles. The van der Waals surface area contributed by atoms with E-state index in [2.05, 4.69) is 41.4 Å². The van der Waals surface area contributed by atoms with Crippen LogP contribution in [0.2, 0.25) is 0 Å². The SMILES string of the molecule is CN1CCC(c2ccc(-c3cnoc3N)cc2)C1. The lowest BCUT2D eigenvalue weighted by Crippen LogP contribution is -2.13. The van der Waals surface area contributed by atoms with Crippen molar-refractivity contribution in [1.82, 2.24) is 10.1 Å². The van der Waals surface area contributed by atoms with E-state index in [1.165, 1.54) is 18.5 Å². The lowest BCUT2D eigenvalue weighted by Gasteiger charge is -2.11. The lowest BCUT2D eigenvalue weighted by atomic mass is 9.96. The molecule has 4 heteroatoms. The summed E-state index contributed by atoms with van der Waals surface area (Å²) >= 11 is 0. The molecule has 0 bridgehead atoms. The van der Waals surface area contributed by atoms with Gasteiger partial charge in [0.25, 0.3) is 0 Å². The number of aromatic nitrogens is 1. The van der Waals surface area contributed by atoms with Crippen molar-refractivity contribution in [1.29, 1.82) is 0 Å².